The normalized spacial score (nSPS) is 17.8. The Morgan fingerprint density at radius 1 is 1.38 bits per heavy atom. The average Bonchev–Trinajstić information content (AvgIpc) is 2.46. The lowest BCUT2D eigenvalue weighted by molar-refractivity contribution is 0.373. The molecule has 0 saturated carbocycles. The lowest BCUT2D eigenvalue weighted by Gasteiger charge is -2.19. The Kier molecular flexibility index (Phi) is 2.55. The minimum Gasteiger partial charge on any atom is -0.247 e. The van der Waals surface area contributed by atoms with E-state index in [1.165, 1.54) is 0 Å². The summed E-state index contributed by atoms with van der Waals surface area (Å²) in [5.74, 6) is 2.51. The van der Waals surface area contributed by atoms with Crippen LogP contribution in [0.4, 0.5) is 0 Å². The second-order valence-electron chi connectivity index (χ2n) is 3.61. The van der Waals surface area contributed by atoms with E-state index in [0.717, 1.165) is 31.3 Å². The Labute approximate surface area is 91.8 Å². The van der Waals surface area contributed by atoms with E-state index in [9.17, 15) is 0 Å². The van der Waals surface area contributed by atoms with Crippen molar-refractivity contribution in [2.75, 3.05) is 6.54 Å². The molecular formula is C8H13IN4. The number of hydrogen-bond acceptors (Lipinski definition) is 3. The van der Waals surface area contributed by atoms with Crippen molar-refractivity contribution in [3.63, 3.8) is 0 Å². The van der Waals surface area contributed by atoms with Crippen LogP contribution in [0.1, 0.15) is 31.4 Å². The monoisotopic (exact) mass is 292 g/mol. The zero-order valence-electron chi connectivity index (χ0n) is 7.87. The molecule has 0 unspecified atom stereocenters. The van der Waals surface area contributed by atoms with Crippen molar-refractivity contribution < 1.29 is 0 Å². The van der Waals surface area contributed by atoms with Crippen molar-refractivity contribution in [1.82, 2.24) is 17.9 Å². The number of hydrogen-bond donors (Lipinski definition) is 0. The second-order valence-corrected chi connectivity index (χ2v) is 4.97. The molecule has 0 fully saturated rings. The highest BCUT2D eigenvalue weighted by Crippen LogP contribution is 2.16. The van der Waals surface area contributed by atoms with Gasteiger partial charge in [0.1, 0.15) is 5.82 Å². The first kappa shape index (κ1) is 9.39. The van der Waals surface area contributed by atoms with E-state index in [-0.39, 0.29) is 0 Å². The number of nitrogens with zero attached hydrogens (tertiary/aromatic N) is 4. The zero-order valence-corrected chi connectivity index (χ0v) is 10.0. The van der Waals surface area contributed by atoms with Crippen molar-refractivity contribution in [2.24, 2.45) is 0 Å². The van der Waals surface area contributed by atoms with Crippen molar-refractivity contribution in [3.05, 3.63) is 11.6 Å². The maximum atomic E-state index is 4.51. The van der Waals surface area contributed by atoms with Crippen LogP contribution in [0.25, 0.3) is 0 Å². The molecule has 1 aliphatic heterocycles. The van der Waals surface area contributed by atoms with Crippen LogP contribution in [0.15, 0.2) is 0 Å². The van der Waals surface area contributed by atoms with Gasteiger partial charge in [-0.05, 0) is 0 Å². The van der Waals surface area contributed by atoms with Gasteiger partial charge in [-0.15, -0.1) is 0 Å². The second kappa shape index (κ2) is 3.53. The molecule has 1 aromatic heterocycles. The summed E-state index contributed by atoms with van der Waals surface area (Å²) in [5.41, 5.74) is 0. The van der Waals surface area contributed by atoms with E-state index < -0.39 is 0 Å². The van der Waals surface area contributed by atoms with Gasteiger partial charge in [-0.25, -0.2) is 12.8 Å². The first-order valence-corrected chi connectivity index (χ1v) is 5.47. The minimum absolute atomic E-state index is 0.431. The van der Waals surface area contributed by atoms with Crippen molar-refractivity contribution in [3.8, 4) is 0 Å². The van der Waals surface area contributed by atoms with E-state index >= 15 is 0 Å². The fourth-order valence-electron chi connectivity index (χ4n) is 1.37. The van der Waals surface area contributed by atoms with E-state index in [1.807, 2.05) is 4.68 Å². The van der Waals surface area contributed by atoms with Crippen LogP contribution in [-0.2, 0) is 13.1 Å². The maximum Gasteiger partial charge on any atom is 0.153 e. The van der Waals surface area contributed by atoms with Crippen LogP contribution < -0.4 is 0 Å². The fourth-order valence-corrected chi connectivity index (χ4v) is 1.89. The molecule has 1 aromatic rings. The predicted molar refractivity (Wildman–Crippen MR) is 58.5 cm³/mol. The van der Waals surface area contributed by atoms with Crippen LogP contribution in [0.3, 0.4) is 0 Å². The number of aromatic nitrogens is 3. The SMILES string of the molecule is CC(C)c1nc2n(n1)CCN(I)C2. The van der Waals surface area contributed by atoms with Gasteiger partial charge in [0, 0.05) is 35.3 Å². The summed E-state index contributed by atoms with van der Waals surface area (Å²) in [4.78, 5) is 4.51. The van der Waals surface area contributed by atoms with E-state index in [2.05, 4.69) is 49.9 Å². The standard InChI is InChI=1S/C8H13IN4/c1-6(2)8-10-7-5-12(9)3-4-13(7)11-8/h6H,3-5H2,1-2H3. The average molecular weight is 292 g/mol. The summed E-state index contributed by atoms with van der Waals surface area (Å²) in [6.07, 6.45) is 0. The third kappa shape index (κ3) is 1.85. The summed E-state index contributed by atoms with van der Waals surface area (Å²) in [6, 6.07) is 0. The van der Waals surface area contributed by atoms with Crippen molar-refractivity contribution in [2.45, 2.75) is 32.9 Å². The molecule has 5 heteroatoms. The Hall–Kier alpha value is -0.170. The molecule has 0 amide bonds. The summed E-state index contributed by atoms with van der Waals surface area (Å²) in [6.45, 7) is 7.21. The molecule has 0 atom stereocenters. The van der Waals surface area contributed by atoms with Gasteiger partial charge in [0.15, 0.2) is 5.82 Å². The number of fused-ring (bicyclic) bond motifs is 1. The highest BCUT2D eigenvalue weighted by molar-refractivity contribution is 14.1. The van der Waals surface area contributed by atoms with Crippen molar-refractivity contribution >= 4 is 22.9 Å². The summed E-state index contributed by atoms with van der Waals surface area (Å²) >= 11 is 2.33. The highest BCUT2D eigenvalue weighted by atomic mass is 127. The predicted octanol–water partition coefficient (Wildman–Crippen LogP) is 1.57. The van der Waals surface area contributed by atoms with Gasteiger partial charge < -0.3 is 0 Å². The molecule has 72 valence electrons. The van der Waals surface area contributed by atoms with Crippen LogP contribution in [0.2, 0.25) is 0 Å². The molecule has 0 aromatic carbocycles. The smallest absolute Gasteiger partial charge is 0.153 e. The Bertz CT molecular complexity index is 307. The molecule has 1 aliphatic rings. The molecule has 0 bridgehead atoms. The number of rotatable bonds is 1. The fraction of sp³-hybridized carbons (Fsp3) is 0.750. The van der Waals surface area contributed by atoms with Gasteiger partial charge >= 0.3 is 0 Å². The third-order valence-corrected chi connectivity index (χ3v) is 2.97. The molecular weight excluding hydrogens is 279 g/mol. The molecule has 0 aliphatic carbocycles. The highest BCUT2D eigenvalue weighted by Gasteiger charge is 2.18. The van der Waals surface area contributed by atoms with Gasteiger partial charge in [0.2, 0.25) is 0 Å². The quantitative estimate of drug-likeness (QED) is 0.582. The van der Waals surface area contributed by atoms with Crippen LogP contribution in [0, 0.1) is 0 Å². The molecule has 0 spiro atoms. The zero-order chi connectivity index (χ0) is 9.42. The van der Waals surface area contributed by atoms with Gasteiger partial charge in [-0.2, -0.15) is 5.10 Å². The van der Waals surface area contributed by atoms with E-state index in [0.29, 0.717) is 5.92 Å². The van der Waals surface area contributed by atoms with Gasteiger partial charge in [-0.1, -0.05) is 13.8 Å². The Morgan fingerprint density at radius 2 is 2.15 bits per heavy atom. The molecule has 4 nitrogen and oxygen atoms in total. The summed E-state index contributed by atoms with van der Waals surface area (Å²) in [7, 11) is 0. The van der Waals surface area contributed by atoms with Crippen molar-refractivity contribution in [1.29, 1.82) is 0 Å². The van der Waals surface area contributed by atoms with Crippen LogP contribution in [0.5, 0.6) is 0 Å². The van der Waals surface area contributed by atoms with E-state index in [4.69, 9.17) is 0 Å². The molecule has 13 heavy (non-hydrogen) atoms. The minimum atomic E-state index is 0.431. The topological polar surface area (TPSA) is 34.0 Å². The van der Waals surface area contributed by atoms with Crippen LogP contribution in [-0.4, -0.2) is 24.4 Å². The van der Waals surface area contributed by atoms with Gasteiger partial charge in [-0.3, -0.25) is 0 Å². The van der Waals surface area contributed by atoms with Crippen LogP contribution >= 0.6 is 22.9 Å². The largest absolute Gasteiger partial charge is 0.247 e. The first-order valence-electron chi connectivity index (χ1n) is 4.51. The maximum absolute atomic E-state index is 4.51. The Morgan fingerprint density at radius 3 is 2.85 bits per heavy atom. The summed E-state index contributed by atoms with van der Waals surface area (Å²) < 4.78 is 4.27. The summed E-state index contributed by atoms with van der Waals surface area (Å²) in [5, 5.41) is 4.46. The molecule has 0 saturated heterocycles. The van der Waals surface area contributed by atoms with Gasteiger partial charge in [0.25, 0.3) is 0 Å². The van der Waals surface area contributed by atoms with E-state index in [1.54, 1.807) is 0 Å². The first-order chi connectivity index (χ1) is 6.16. The lowest BCUT2D eigenvalue weighted by Crippen LogP contribution is -2.26. The molecule has 0 radical (unpaired) electrons. The molecule has 2 rings (SSSR count). The lowest BCUT2D eigenvalue weighted by atomic mass is 10.2. The van der Waals surface area contributed by atoms with Gasteiger partial charge in [0.05, 0.1) is 13.1 Å². The number of halogens is 1. The molecule has 0 N–H and O–H groups in total. The third-order valence-electron chi connectivity index (χ3n) is 2.15. The Balaban J connectivity index is 2.28. The molecule has 2 heterocycles.